The van der Waals surface area contributed by atoms with Crippen LogP contribution in [0, 0.1) is 0 Å². The van der Waals surface area contributed by atoms with Crippen molar-refractivity contribution in [2.45, 2.75) is 51.2 Å². The molecule has 0 aliphatic carbocycles. The Morgan fingerprint density at radius 1 is 1.16 bits per heavy atom. The van der Waals surface area contributed by atoms with Crippen LogP contribution in [0.1, 0.15) is 45.3 Å². The predicted molar refractivity (Wildman–Crippen MR) is 75.2 cm³/mol. The van der Waals surface area contributed by atoms with Gasteiger partial charge in [-0.2, -0.15) is 4.31 Å². The number of sulfonamides is 1. The first kappa shape index (κ1) is 16.2. The fraction of sp³-hybridized carbons (Fsp3) is 0.692. The summed E-state index contributed by atoms with van der Waals surface area (Å²) in [5.74, 6) is 0.490. The molecule has 0 saturated carbocycles. The van der Waals surface area contributed by atoms with Crippen molar-refractivity contribution in [2.24, 2.45) is 5.73 Å². The van der Waals surface area contributed by atoms with E-state index in [-0.39, 0.29) is 11.6 Å². The Morgan fingerprint density at radius 3 is 2.16 bits per heavy atom. The summed E-state index contributed by atoms with van der Waals surface area (Å²) in [6.07, 6.45) is 3.63. The van der Waals surface area contributed by atoms with Crippen molar-refractivity contribution in [3.05, 3.63) is 17.9 Å². The van der Waals surface area contributed by atoms with E-state index in [1.54, 1.807) is 6.07 Å². The highest BCUT2D eigenvalue weighted by atomic mass is 32.2. The van der Waals surface area contributed by atoms with E-state index in [2.05, 4.69) is 0 Å². The van der Waals surface area contributed by atoms with Gasteiger partial charge in [0.1, 0.15) is 5.76 Å². The van der Waals surface area contributed by atoms with Crippen LogP contribution >= 0.6 is 0 Å². The molecule has 1 aromatic heterocycles. The molecule has 0 bridgehead atoms. The zero-order chi connectivity index (χ0) is 14.3. The summed E-state index contributed by atoms with van der Waals surface area (Å²) in [4.78, 5) is 0. The van der Waals surface area contributed by atoms with E-state index in [9.17, 15) is 8.42 Å². The molecule has 0 saturated heterocycles. The molecular weight excluding hydrogens is 264 g/mol. The molecule has 0 fully saturated rings. The first-order valence-corrected chi connectivity index (χ1v) is 8.29. The highest BCUT2D eigenvalue weighted by Gasteiger charge is 2.26. The van der Waals surface area contributed by atoms with Gasteiger partial charge in [-0.3, -0.25) is 0 Å². The van der Waals surface area contributed by atoms with Crippen LogP contribution in [0.2, 0.25) is 0 Å². The first-order chi connectivity index (χ1) is 9.06. The van der Waals surface area contributed by atoms with Crippen molar-refractivity contribution < 1.29 is 12.8 Å². The van der Waals surface area contributed by atoms with E-state index in [4.69, 9.17) is 10.2 Å². The lowest BCUT2D eigenvalue weighted by atomic mass is 10.3. The number of furan rings is 1. The van der Waals surface area contributed by atoms with Crippen LogP contribution in [0.3, 0.4) is 0 Å². The van der Waals surface area contributed by atoms with E-state index in [1.807, 2.05) is 13.8 Å². The van der Waals surface area contributed by atoms with Gasteiger partial charge < -0.3 is 10.2 Å². The molecule has 0 radical (unpaired) electrons. The average Bonchev–Trinajstić information content (AvgIpc) is 2.88. The molecule has 0 aromatic carbocycles. The summed E-state index contributed by atoms with van der Waals surface area (Å²) in [5, 5.41) is 0.000145. The van der Waals surface area contributed by atoms with Crippen molar-refractivity contribution in [3.8, 4) is 0 Å². The summed E-state index contributed by atoms with van der Waals surface area (Å²) in [7, 11) is -3.52. The van der Waals surface area contributed by atoms with Crippen molar-refractivity contribution in [2.75, 3.05) is 13.1 Å². The highest BCUT2D eigenvalue weighted by Crippen LogP contribution is 2.19. The fourth-order valence-corrected chi connectivity index (χ4v) is 3.20. The molecular formula is C13H24N2O3S. The lowest BCUT2D eigenvalue weighted by molar-refractivity contribution is 0.360. The third kappa shape index (κ3) is 4.33. The molecule has 0 aliphatic rings. The summed E-state index contributed by atoms with van der Waals surface area (Å²) >= 11 is 0. The monoisotopic (exact) mass is 288 g/mol. The molecule has 0 atom stereocenters. The molecule has 0 amide bonds. The number of unbranched alkanes of at least 4 members (excludes halogenated alkanes) is 2. The number of hydrogen-bond acceptors (Lipinski definition) is 4. The minimum atomic E-state index is -3.52. The van der Waals surface area contributed by atoms with Crippen LogP contribution in [0.15, 0.2) is 21.6 Å². The summed E-state index contributed by atoms with van der Waals surface area (Å²) in [5.41, 5.74) is 5.44. The minimum absolute atomic E-state index is 0.000145. The Hall–Kier alpha value is -0.850. The quantitative estimate of drug-likeness (QED) is 0.756. The second-order valence-corrected chi connectivity index (χ2v) is 6.40. The lowest BCUT2D eigenvalue weighted by Gasteiger charge is -2.20. The van der Waals surface area contributed by atoms with Gasteiger partial charge in [0.2, 0.25) is 5.09 Å². The van der Waals surface area contributed by atoms with E-state index >= 15 is 0 Å². The van der Waals surface area contributed by atoms with Crippen LogP contribution in [-0.2, 0) is 16.6 Å². The van der Waals surface area contributed by atoms with Crippen molar-refractivity contribution >= 4 is 10.0 Å². The van der Waals surface area contributed by atoms with Gasteiger partial charge in [0.25, 0.3) is 10.0 Å². The summed E-state index contributed by atoms with van der Waals surface area (Å²) in [6, 6.07) is 3.10. The van der Waals surface area contributed by atoms with Gasteiger partial charge >= 0.3 is 0 Å². The largest absolute Gasteiger partial charge is 0.447 e. The molecule has 1 rings (SSSR count). The molecule has 0 aliphatic heterocycles. The van der Waals surface area contributed by atoms with E-state index < -0.39 is 10.0 Å². The molecule has 2 N–H and O–H groups in total. The van der Waals surface area contributed by atoms with E-state index in [0.29, 0.717) is 18.8 Å². The van der Waals surface area contributed by atoms with Crippen molar-refractivity contribution in [3.63, 3.8) is 0 Å². The third-order valence-corrected chi connectivity index (χ3v) is 4.73. The Balaban J connectivity index is 2.90. The minimum Gasteiger partial charge on any atom is -0.447 e. The van der Waals surface area contributed by atoms with Crippen LogP contribution in [0.25, 0.3) is 0 Å². The summed E-state index contributed by atoms with van der Waals surface area (Å²) in [6.45, 7) is 5.38. The normalized spacial score (nSPS) is 12.2. The number of hydrogen-bond donors (Lipinski definition) is 1. The maximum absolute atomic E-state index is 12.5. The molecule has 110 valence electrons. The SMILES string of the molecule is CCCCN(CCCC)S(=O)(=O)c1ccc(CN)o1. The highest BCUT2D eigenvalue weighted by molar-refractivity contribution is 7.89. The number of nitrogens with zero attached hydrogens (tertiary/aromatic N) is 1. The van der Waals surface area contributed by atoms with Crippen LogP contribution < -0.4 is 5.73 Å². The van der Waals surface area contributed by atoms with E-state index in [0.717, 1.165) is 25.7 Å². The second kappa shape index (κ2) is 7.67. The van der Waals surface area contributed by atoms with Gasteiger partial charge in [0.15, 0.2) is 0 Å². The lowest BCUT2D eigenvalue weighted by Crippen LogP contribution is -2.32. The predicted octanol–water partition coefficient (Wildman–Crippen LogP) is 2.33. The third-order valence-electron chi connectivity index (χ3n) is 2.95. The molecule has 6 heteroatoms. The summed E-state index contributed by atoms with van der Waals surface area (Å²) < 4.78 is 31.7. The second-order valence-electron chi connectivity index (χ2n) is 4.54. The molecule has 19 heavy (non-hydrogen) atoms. The van der Waals surface area contributed by atoms with Crippen LogP contribution in [0.5, 0.6) is 0 Å². The van der Waals surface area contributed by atoms with Gasteiger partial charge in [-0.05, 0) is 25.0 Å². The topological polar surface area (TPSA) is 76.5 Å². The Morgan fingerprint density at radius 2 is 1.74 bits per heavy atom. The molecule has 5 nitrogen and oxygen atoms in total. The zero-order valence-corrected chi connectivity index (χ0v) is 12.6. The van der Waals surface area contributed by atoms with Gasteiger partial charge in [-0.15, -0.1) is 0 Å². The molecule has 0 spiro atoms. The Kier molecular flexibility index (Phi) is 6.54. The molecule has 1 heterocycles. The Bertz CT molecular complexity index is 460. The van der Waals surface area contributed by atoms with Crippen LogP contribution in [-0.4, -0.2) is 25.8 Å². The van der Waals surface area contributed by atoms with Gasteiger partial charge in [0.05, 0.1) is 6.54 Å². The van der Waals surface area contributed by atoms with Gasteiger partial charge in [-0.25, -0.2) is 8.42 Å². The average molecular weight is 288 g/mol. The maximum Gasteiger partial charge on any atom is 0.276 e. The van der Waals surface area contributed by atoms with Crippen LogP contribution in [0.4, 0.5) is 0 Å². The van der Waals surface area contributed by atoms with Gasteiger partial charge in [0, 0.05) is 13.1 Å². The van der Waals surface area contributed by atoms with Gasteiger partial charge in [-0.1, -0.05) is 26.7 Å². The standard InChI is InChI=1S/C13H24N2O3S/c1-3-5-9-15(10-6-4-2)19(16,17)13-8-7-12(11-14)18-13/h7-8H,3-6,9-11,14H2,1-2H3. The number of nitrogens with two attached hydrogens (primary N) is 1. The molecule has 1 aromatic rings. The van der Waals surface area contributed by atoms with Crippen molar-refractivity contribution in [1.29, 1.82) is 0 Å². The first-order valence-electron chi connectivity index (χ1n) is 6.85. The fourth-order valence-electron chi connectivity index (χ4n) is 1.75. The molecule has 0 unspecified atom stereocenters. The zero-order valence-electron chi connectivity index (χ0n) is 11.8. The smallest absolute Gasteiger partial charge is 0.276 e. The number of rotatable bonds is 9. The van der Waals surface area contributed by atoms with E-state index in [1.165, 1.54) is 10.4 Å². The Labute approximate surface area is 115 Å². The maximum atomic E-state index is 12.5. The van der Waals surface area contributed by atoms with Crippen molar-refractivity contribution in [1.82, 2.24) is 4.31 Å².